The fraction of sp³-hybridized carbons (Fsp3) is 0.192. The Kier molecular flexibility index (Phi) is 7.01. The highest BCUT2D eigenvalue weighted by molar-refractivity contribution is 6.35. The van der Waals surface area contributed by atoms with Gasteiger partial charge in [0, 0.05) is 21.7 Å². The summed E-state index contributed by atoms with van der Waals surface area (Å²) in [6.45, 7) is 3.77. The minimum absolute atomic E-state index is 0.0328. The summed E-state index contributed by atoms with van der Waals surface area (Å²) >= 11 is 12.0. The third-order valence-electron chi connectivity index (χ3n) is 5.24. The molecular weight excluding hydrogens is 504 g/mol. The van der Waals surface area contributed by atoms with Crippen LogP contribution in [0.5, 0.6) is 17.2 Å². The van der Waals surface area contributed by atoms with E-state index >= 15 is 0 Å². The highest BCUT2D eigenvalue weighted by Crippen LogP contribution is 2.40. The van der Waals surface area contributed by atoms with Crippen molar-refractivity contribution in [3.8, 4) is 17.2 Å². The Morgan fingerprint density at radius 1 is 1.00 bits per heavy atom. The first-order valence-electron chi connectivity index (χ1n) is 10.6. The number of alkyl halides is 3. The zero-order valence-corrected chi connectivity index (χ0v) is 20.1. The second-order valence-corrected chi connectivity index (χ2v) is 8.91. The Balaban J connectivity index is 1.74. The molecule has 182 valence electrons. The molecular formula is C26H19Cl2F3O4. The molecule has 0 spiro atoms. The molecule has 1 aromatic heterocycles. The number of rotatable bonds is 6. The quantitative estimate of drug-likeness (QED) is 0.254. The number of hydrogen-bond donors (Lipinski definition) is 0. The number of benzene rings is 3. The van der Waals surface area contributed by atoms with E-state index < -0.39 is 23.1 Å². The molecule has 35 heavy (non-hydrogen) atoms. The largest absolute Gasteiger partial charge is 0.489 e. The number of ether oxygens (including phenoxy) is 2. The maximum atomic E-state index is 13.9. The molecule has 0 aliphatic heterocycles. The molecule has 0 fully saturated rings. The van der Waals surface area contributed by atoms with E-state index in [1.165, 1.54) is 24.3 Å². The minimum atomic E-state index is -4.97. The molecule has 1 heterocycles. The van der Waals surface area contributed by atoms with Crippen LogP contribution in [-0.2, 0) is 12.8 Å². The predicted molar refractivity (Wildman–Crippen MR) is 129 cm³/mol. The Morgan fingerprint density at radius 2 is 1.74 bits per heavy atom. The van der Waals surface area contributed by atoms with E-state index in [9.17, 15) is 18.0 Å². The number of hydrogen-bond acceptors (Lipinski definition) is 4. The summed E-state index contributed by atoms with van der Waals surface area (Å²) in [5.41, 5.74) is 0.0573. The zero-order chi connectivity index (χ0) is 25.3. The lowest BCUT2D eigenvalue weighted by atomic mass is 10.0. The molecule has 0 radical (unpaired) electrons. The summed E-state index contributed by atoms with van der Waals surface area (Å²) in [5.74, 6) is -2.13. The van der Waals surface area contributed by atoms with Crippen LogP contribution in [0, 0.1) is 0 Å². The second kappa shape index (κ2) is 9.84. The smallest absolute Gasteiger partial charge is 0.453 e. The van der Waals surface area contributed by atoms with E-state index in [4.69, 9.17) is 37.1 Å². The predicted octanol–water partition coefficient (Wildman–Crippen LogP) is 8.61. The van der Waals surface area contributed by atoms with Gasteiger partial charge in [-0.2, -0.15) is 13.2 Å². The van der Waals surface area contributed by atoms with Gasteiger partial charge in [-0.25, -0.2) is 0 Å². The molecule has 0 amide bonds. The fourth-order valence-corrected chi connectivity index (χ4v) is 3.95. The van der Waals surface area contributed by atoms with Crippen molar-refractivity contribution in [1.82, 2.24) is 0 Å². The van der Waals surface area contributed by atoms with Crippen molar-refractivity contribution in [2.75, 3.05) is 0 Å². The van der Waals surface area contributed by atoms with Crippen LogP contribution < -0.4 is 14.9 Å². The molecule has 0 saturated carbocycles. The zero-order valence-electron chi connectivity index (χ0n) is 18.6. The molecule has 0 unspecified atom stereocenters. The number of halogens is 5. The van der Waals surface area contributed by atoms with Gasteiger partial charge in [0.1, 0.15) is 23.7 Å². The van der Waals surface area contributed by atoms with Gasteiger partial charge in [-0.15, -0.1) is 0 Å². The number of para-hydroxylation sites is 1. The van der Waals surface area contributed by atoms with E-state index in [1.807, 2.05) is 13.8 Å². The van der Waals surface area contributed by atoms with Gasteiger partial charge >= 0.3 is 6.18 Å². The highest BCUT2D eigenvalue weighted by atomic mass is 35.5. The van der Waals surface area contributed by atoms with Gasteiger partial charge < -0.3 is 13.9 Å². The maximum Gasteiger partial charge on any atom is 0.453 e. The van der Waals surface area contributed by atoms with Crippen LogP contribution in [0.15, 0.2) is 69.9 Å². The number of fused-ring (bicyclic) bond motifs is 1. The van der Waals surface area contributed by atoms with Crippen molar-refractivity contribution in [3.63, 3.8) is 0 Å². The summed E-state index contributed by atoms with van der Waals surface area (Å²) in [6, 6.07) is 15.5. The lowest BCUT2D eigenvalue weighted by Gasteiger charge is -2.16. The van der Waals surface area contributed by atoms with E-state index in [0.29, 0.717) is 21.2 Å². The van der Waals surface area contributed by atoms with Crippen LogP contribution in [0.4, 0.5) is 13.2 Å². The van der Waals surface area contributed by atoms with Crippen molar-refractivity contribution >= 4 is 34.2 Å². The Labute approximate surface area is 208 Å². The van der Waals surface area contributed by atoms with Gasteiger partial charge in [-0.1, -0.05) is 61.3 Å². The molecule has 0 aliphatic rings. The van der Waals surface area contributed by atoms with Gasteiger partial charge in [0.2, 0.25) is 11.2 Å². The first-order valence-corrected chi connectivity index (χ1v) is 11.3. The van der Waals surface area contributed by atoms with Gasteiger partial charge in [0.25, 0.3) is 5.76 Å². The van der Waals surface area contributed by atoms with E-state index in [0.717, 1.165) is 0 Å². The Hall–Kier alpha value is -3.16. The van der Waals surface area contributed by atoms with Crippen LogP contribution in [0.2, 0.25) is 10.0 Å². The molecule has 4 aromatic rings. The monoisotopic (exact) mass is 522 g/mol. The molecule has 0 saturated heterocycles. The SMILES string of the molecule is CC(C)c1ccccc1Oc1c(C(F)(F)F)oc2cc(OCc3ccc(Cl)cc3Cl)ccc2c1=O. The lowest BCUT2D eigenvalue weighted by Crippen LogP contribution is -2.16. The first kappa shape index (κ1) is 24.9. The average Bonchev–Trinajstić information content (AvgIpc) is 2.79. The molecule has 4 rings (SSSR count). The summed E-state index contributed by atoms with van der Waals surface area (Å²) in [5, 5.41) is 0.763. The van der Waals surface area contributed by atoms with Crippen molar-refractivity contribution in [2.45, 2.75) is 32.5 Å². The van der Waals surface area contributed by atoms with Crippen LogP contribution in [0.1, 0.15) is 36.7 Å². The van der Waals surface area contributed by atoms with Gasteiger partial charge in [0.15, 0.2) is 0 Å². The van der Waals surface area contributed by atoms with Crippen LogP contribution >= 0.6 is 23.2 Å². The third-order valence-corrected chi connectivity index (χ3v) is 5.83. The standard InChI is InChI=1S/C26H19Cl2F3O4/c1-14(2)18-5-3-4-6-21(18)34-24-23(32)19-10-9-17(12-22(19)35-25(24)26(29,30)31)33-13-15-7-8-16(27)11-20(15)28/h3-12,14H,13H2,1-2H3. The third kappa shape index (κ3) is 5.41. The molecule has 0 aliphatic carbocycles. The normalized spacial score (nSPS) is 11.8. The Bertz CT molecular complexity index is 1450. The molecule has 0 atom stereocenters. The van der Waals surface area contributed by atoms with Crippen LogP contribution in [0.3, 0.4) is 0 Å². The van der Waals surface area contributed by atoms with Gasteiger partial charge in [-0.05, 0) is 41.8 Å². The first-order chi connectivity index (χ1) is 16.5. The van der Waals surface area contributed by atoms with E-state index in [2.05, 4.69) is 0 Å². The molecule has 4 nitrogen and oxygen atoms in total. The second-order valence-electron chi connectivity index (χ2n) is 8.06. The van der Waals surface area contributed by atoms with Crippen molar-refractivity contribution < 1.29 is 27.1 Å². The molecule has 3 aromatic carbocycles. The van der Waals surface area contributed by atoms with E-state index in [1.54, 1.807) is 36.4 Å². The fourth-order valence-electron chi connectivity index (χ4n) is 3.49. The highest BCUT2D eigenvalue weighted by Gasteiger charge is 2.40. The molecule has 0 N–H and O–H groups in total. The van der Waals surface area contributed by atoms with E-state index in [-0.39, 0.29) is 35.0 Å². The molecule has 9 heteroatoms. The summed E-state index contributed by atoms with van der Waals surface area (Å²) in [7, 11) is 0. The summed E-state index contributed by atoms with van der Waals surface area (Å²) < 4.78 is 58.1. The van der Waals surface area contributed by atoms with Crippen LogP contribution in [-0.4, -0.2) is 0 Å². The topological polar surface area (TPSA) is 48.7 Å². The van der Waals surface area contributed by atoms with Crippen LogP contribution in [0.25, 0.3) is 11.0 Å². The minimum Gasteiger partial charge on any atom is -0.489 e. The molecule has 0 bridgehead atoms. The van der Waals surface area contributed by atoms with Crippen molar-refractivity contribution in [2.24, 2.45) is 0 Å². The Morgan fingerprint density at radius 3 is 2.43 bits per heavy atom. The lowest BCUT2D eigenvalue weighted by molar-refractivity contribution is -0.154. The van der Waals surface area contributed by atoms with Gasteiger partial charge in [0.05, 0.1) is 5.39 Å². The van der Waals surface area contributed by atoms with Gasteiger partial charge in [-0.3, -0.25) is 4.79 Å². The van der Waals surface area contributed by atoms with Crippen molar-refractivity contribution in [3.05, 3.63) is 97.8 Å². The van der Waals surface area contributed by atoms with Crippen molar-refractivity contribution in [1.29, 1.82) is 0 Å². The summed E-state index contributed by atoms with van der Waals surface area (Å²) in [6.07, 6.45) is -4.97. The average molecular weight is 523 g/mol. The maximum absolute atomic E-state index is 13.9. The summed E-state index contributed by atoms with van der Waals surface area (Å²) in [4.78, 5) is 13.1.